The Morgan fingerprint density at radius 1 is 1.00 bits per heavy atom. The first-order valence-corrected chi connectivity index (χ1v) is 12.6. The second-order valence-electron chi connectivity index (χ2n) is 9.82. The lowest BCUT2D eigenvalue weighted by atomic mass is 9.80. The van der Waals surface area contributed by atoms with Crippen LogP contribution in [0.2, 0.25) is 5.02 Å². The number of rotatable bonds is 10. The number of ether oxygens (including phenoxy) is 2. The van der Waals surface area contributed by atoms with Crippen LogP contribution in [-0.4, -0.2) is 24.6 Å². The molecule has 1 amide bonds. The van der Waals surface area contributed by atoms with Gasteiger partial charge in [-0.2, -0.15) is 0 Å². The smallest absolute Gasteiger partial charge is 0.307 e. The van der Waals surface area contributed by atoms with Gasteiger partial charge in [0.05, 0.1) is 19.4 Å². The minimum Gasteiger partial charge on any atom is -0.496 e. The van der Waals surface area contributed by atoms with Crippen molar-refractivity contribution in [3.63, 3.8) is 0 Å². The van der Waals surface area contributed by atoms with Gasteiger partial charge in [-0.15, -0.1) is 6.58 Å². The number of methoxy groups -OCH3 is 1. The Kier molecular flexibility index (Phi) is 9.54. The van der Waals surface area contributed by atoms with Gasteiger partial charge in [0, 0.05) is 22.2 Å². The summed E-state index contributed by atoms with van der Waals surface area (Å²) in [4.78, 5) is 26.5. The van der Waals surface area contributed by atoms with Crippen molar-refractivity contribution in [1.29, 1.82) is 0 Å². The summed E-state index contributed by atoms with van der Waals surface area (Å²) in [5.41, 5.74) is 2.66. The van der Waals surface area contributed by atoms with Crippen molar-refractivity contribution in [3.05, 3.63) is 96.0 Å². The van der Waals surface area contributed by atoms with E-state index in [1.807, 2.05) is 66.7 Å². The summed E-state index contributed by atoms with van der Waals surface area (Å²) in [5, 5.41) is 3.53. The molecule has 0 aromatic heterocycles. The molecule has 0 aliphatic carbocycles. The Hall–Kier alpha value is -3.57. The van der Waals surface area contributed by atoms with Gasteiger partial charge in [0.1, 0.15) is 11.4 Å². The van der Waals surface area contributed by atoms with Gasteiger partial charge in [-0.05, 0) is 62.6 Å². The highest BCUT2D eigenvalue weighted by Gasteiger charge is 2.34. The van der Waals surface area contributed by atoms with Gasteiger partial charge in [0.15, 0.2) is 0 Å². The zero-order chi connectivity index (χ0) is 27.0. The molecule has 3 aromatic rings. The first-order chi connectivity index (χ1) is 17.6. The summed E-state index contributed by atoms with van der Waals surface area (Å²) in [7, 11) is 1.64. The fourth-order valence-electron chi connectivity index (χ4n) is 4.29. The van der Waals surface area contributed by atoms with Crippen LogP contribution in [0.3, 0.4) is 0 Å². The minimum atomic E-state index is -0.721. The minimum absolute atomic E-state index is 0.0911. The lowest BCUT2D eigenvalue weighted by Gasteiger charge is -2.28. The molecular weight excluding hydrogens is 486 g/mol. The van der Waals surface area contributed by atoms with Gasteiger partial charge < -0.3 is 14.8 Å². The number of para-hydroxylation sites is 1. The van der Waals surface area contributed by atoms with E-state index < -0.39 is 17.5 Å². The third-order valence-corrected chi connectivity index (χ3v) is 6.27. The molecule has 0 radical (unpaired) electrons. The van der Waals surface area contributed by atoms with Crippen LogP contribution in [0, 0.1) is 5.92 Å². The molecule has 0 fully saturated rings. The molecule has 0 saturated heterocycles. The quantitative estimate of drug-likeness (QED) is 0.220. The van der Waals surface area contributed by atoms with Crippen molar-refractivity contribution in [1.82, 2.24) is 0 Å². The number of amides is 1. The SMILES string of the molecule is C=CC[C@H](c1ccccc1Cl)[C@H](CC(=O)OC(C)(C)C)C(=O)Nc1ccc(-c2ccccc2OC)cc1. The van der Waals surface area contributed by atoms with Crippen LogP contribution in [-0.2, 0) is 14.3 Å². The lowest BCUT2D eigenvalue weighted by molar-refractivity contribution is -0.157. The van der Waals surface area contributed by atoms with Crippen molar-refractivity contribution in [2.75, 3.05) is 12.4 Å². The first-order valence-electron chi connectivity index (χ1n) is 12.2. The Bertz CT molecular complexity index is 1230. The van der Waals surface area contributed by atoms with E-state index in [2.05, 4.69) is 11.9 Å². The van der Waals surface area contributed by atoms with Crippen LogP contribution in [0.4, 0.5) is 5.69 Å². The van der Waals surface area contributed by atoms with Crippen molar-refractivity contribution < 1.29 is 19.1 Å². The highest BCUT2D eigenvalue weighted by molar-refractivity contribution is 6.31. The van der Waals surface area contributed by atoms with E-state index in [1.165, 1.54) is 0 Å². The molecule has 0 spiro atoms. The average molecular weight is 520 g/mol. The van der Waals surface area contributed by atoms with Crippen LogP contribution >= 0.6 is 11.6 Å². The third kappa shape index (κ3) is 7.70. The number of nitrogens with one attached hydrogen (secondary N) is 1. The summed E-state index contributed by atoms with van der Waals surface area (Å²) in [6.07, 6.45) is 2.12. The van der Waals surface area contributed by atoms with Gasteiger partial charge in [0.25, 0.3) is 0 Å². The molecule has 3 rings (SSSR count). The number of hydrogen-bond donors (Lipinski definition) is 1. The number of halogens is 1. The number of anilines is 1. The maximum Gasteiger partial charge on any atom is 0.307 e. The van der Waals surface area contributed by atoms with E-state index in [1.54, 1.807) is 40.0 Å². The topological polar surface area (TPSA) is 64.6 Å². The molecule has 0 aliphatic rings. The van der Waals surface area contributed by atoms with Gasteiger partial charge in [-0.3, -0.25) is 9.59 Å². The molecule has 0 unspecified atom stereocenters. The number of hydrogen-bond acceptors (Lipinski definition) is 4. The number of carbonyl (C=O) groups is 2. The molecule has 3 aromatic carbocycles. The van der Waals surface area contributed by atoms with Crippen molar-refractivity contribution >= 4 is 29.2 Å². The van der Waals surface area contributed by atoms with Crippen LogP contribution in [0.15, 0.2) is 85.5 Å². The van der Waals surface area contributed by atoms with Crippen molar-refractivity contribution in [2.45, 2.75) is 45.1 Å². The number of carbonyl (C=O) groups excluding carboxylic acids is 2. The van der Waals surface area contributed by atoms with Gasteiger partial charge >= 0.3 is 5.97 Å². The zero-order valence-corrected chi connectivity index (χ0v) is 22.5. The fraction of sp³-hybridized carbons (Fsp3) is 0.290. The molecule has 0 aliphatic heterocycles. The summed E-state index contributed by atoms with van der Waals surface area (Å²) < 4.78 is 11.0. The highest BCUT2D eigenvalue weighted by atomic mass is 35.5. The third-order valence-electron chi connectivity index (χ3n) is 5.92. The molecule has 6 heteroatoms. The van der Waals surface area contributed by atoms with E-state index in [-0.39, 0.29) is 18.2 Å². The number of esters is 1. The van der Waals surface area contributed by atoms with Crippen molar-refractivity contribution in [3.8, 4) is 16.9 Å². The molecular formula is C31H34ClNO4. The molecule has 0 bridgehead atoms. The predicted octanol–water partition coefficient (Wildman–Crippen LogP) is 7.66. The standard InChI is InChI=1S/C31H34ClNO4/c1-6-11-24(25-13-7-9-14-27(25)32)26(20-29(34)37-31(2,3)4)30(35)33-22-18-16-21(17-19-22)23-12-8-10-15-28(23)36-5/h6-10,12-19,24,26H,1,11,20H2,2-5H3,(H,33,35)/t24-,26+/m1/s1. The van der Waals surface area contributed by atoms with E-state index in [0.717, 1.165) is 22.4 Å². The lowest BCUT2D eigenvalue weighted by Crippen LogP contribution is -2.33. The molecule has 5 nitrogen and oxygen atoms in total. The van der Waals surface area contributed by atoms with E-state index >= 15 is 0 Å². The number of allylic oxidation sites excluding steroid dienone is 1. The Balaban J connectivity index is 1.89. The second kappa shape index (κ2) is 12.6. The summed E-state index contributed by atoms with van der Waals surface area (Å²) in [5.74, 6) is -1.04. The Morgan fingerprint density at radius 2 is 1.65 bits per heavy atom. The number of benzene rings is 3. The van der Waals surface area contributed by atoms with E-state index in [9.17, 15) is 9.59 Å². The zero-order valence-electron chi connectivity index (χ0n) is 21.8. The summed E-state index contributed by atoms with van der Waals surface area (Å²) in [6.45, 7) is 9.28. The van der Waals surface area contributed by atoms with Crippen LogP contribution in [0.5, 0.6) is 5.75 Å². The maximum atomic E-state index is 13.7. The molecule has 37 heavy (non-hydrogen) atoms. The van der Waals surface area contributed by atoms with E-state index in [0.29, 0.717) is 17.1 Å². The van der Waals surface area contributed by atoms with Crippen LogP contribution < -0.4 is 10.1 Å². The van der Waals surface area contributed by atoms with Crippen LogP contribution in [0.1, 0.15) is 45.1 Å². The van der Waals surface area contributed by atoms with Gasteiger partial charge in [-0.25, -0.2) is 0 Å². The molecule has 2 atom stereocenters. The summed E-state index contributed by atoms with van der Waals surface area (Å²) >= 11 is 6.51. The maximum absolute atomic E-state index is 13.7. The molecule has 0 saturated carbocycles. The summed E-state index contributed by atoms with van der Waals surface area (Å²) in [6, 6.07) is 22.6. The van der Waals surface area contributed by atoms with Crippen molar-refractivity contribution in [2.24, 2.45) is 5.92 Å². The fourth-order valence-corrected chi connectivity index (χ4v) is 4.57. The Morgan fingerprint density at radius 3 is 2.27 bits per heavy atom. The van der Waals surface area contributed by atoms with E-state index in [4.69, 9.17) is 21.1 Å². The normalized spacial score (nSPS) is 12.8. The van der Waals surface area contributed by atoms with Gasteiger partial charge in [-0.1, -0.05) is 66.2 Å². The van der Waals surface area contributed by atoms with Gasteiger partial charge in [0.2, 0.25) is 5.91 Å². The first kappa shape index (κ1) is 28.0. The largest absolute Gasteiger partial charge is 0.496 e. The Labute approximate surface area is 224 Å². The predicted molar refractivity (Wildman–Crippen MR) is 150 cm³/mol. The highest BCUT2D eigenvalue weighted by Crippen LogP contribution is 2.37. The molecule has 194 valence electrons. The molecule has 1 N–H and O–H groups in total. The van der Waals surface area contributed by atoms with Crippen LogP contribution in [0.25, 0.3) is 11.1 Å². The monoisotopic (exact) mass is 519 g/mol. The molecule has 0 heterocycles. The second-order valence-corrected chi connectivity index (χ2v) is 10.2. The average Bonchev–Trinajstić information content (AvgIpc) is 2.86.